The number of hydrogen-bond donors (Lipinski definition) is 0. The molecule has 0 N–H and O–H groups in total. The van der Waals surface area contributed by atoms with Crippen LogP contribution in [-0.4, -0.2) is 24.3 Å². The first-order chi connectivity index (χ1) is 5.84. The molecule has 2 heterocycles. The molecule has 0 radical (unpaired) electrons. The highest BCUT2D eigenvalue weighted by Gasteiger charge is 2.20. The van der Waals surface area contributed by atoms with E-state index in [0.717, 1.165) is 0 Å². The van der Waals surface area contributed by atoms with Gasteiger partial charge in [-0.3, -0.25) is 0 Å². The minimum absolute atomic E-state index is 0.0410. The van der Waals surface area contributed by atoms with Crippen molar-refractivity contribution in [1.29, 1.82) is 0 Å². The van der Waals surface area contributed by atoms with Crippen LogP contribution in [-0.2, 0) is 4.74 Å². The molecule has 0 amide bonds. The summed E-state index contributed by atoms with van der Waals surface area (Å²) in [5, 5.41) is 0. The fourth-order valence-corrected chi connectivity index (χ4v) is 0.908. The van der Waals surface area contributed by atoms with Crippen molar-refractivity contribution in [3.05, 3.63) is 24.1 Å². The minimum Gasteiger partial charge on any atom is -0.469 e. The van der Waals surface area contributed by atoms with Crippen molar-refractivity contribution in [1.82, 2.24) is 4.98 Å². The lowest BCUT2D eigenvalue weighted by atomic mass is 10.3. The first-order valence-corrected chi connectivity index (χ1v) is 3.71. The highest BCUT2D eigenvalue weighted by Crippen LogP contribution is 2.12. The molecule has 2 rings (SSSR count). The molecular formula is C8H8FNO2. The zero-order chi connectivity index (χ0) is 8.39. The molecule has 64 valence electrons. The van der Waals surface area contributed by atoms with Gasteiger partial charge in [-0.15, -0.1) is 0 Å². The second kappa shape index (κ2) is 3.06. The standard InChI is InChI=1S/C8H8FNO2/c9-7-2-1-3-8(10-7)12-6-4-11-5-6/h1-3,6H,4-5H2. The van der Waals surface area contributed by atoms with E-state index in [1.807, 2.05) is 0 Å². The quantitative estimate of drug-likeness (QED) is 0.619. The summed E-state index contributed by atoms with van der Waals surface area (Å²) in [4.78, 5) is 3.55. The zero-order valence-corrected chi connectivity index (χ0v) is 6.37. The Morgan fingerprint density at radius 2 is 2.33 bits per heavy atom. The van der Waals surface area contributed by atoms with E-state index in [-0.39, 0.29) is 6.10 Å². The minimum atomic E-state index is -0.521. The van der Waals surface area contributed by atoms with Crippen molar-refractivity contribution in [3.63, 3.8) is 0 Å². The van der Waals surface area contributed by atoms with Crippen molar-refractivity contribution in [2.24, 2.45) is 0 Å². The van der Waals surface area contributed by atoms with Gasteiger partial charge in [-0.1, -0.05) is 6.07 Å². The van der Waals surface area contributed by atoms with E-state index in [0.29, 0.717) is 19.1 Å². The molecule has 1 aliphatic rings. The van der Waals surface area contributed by atoms with Crippen molar-refractivity contribution in [2.45, 2.75) is 6.10 Å². The van der Waals surface area contributed by atoms with E-state index in [4.69, 9.17) is 9.47 Å². The highest BCUT2D eigenvalue weighted by atomic mass is 19.1. The SMILES string of the molecule is Fc1cccc(OC2COC2)n1. The van der Waals surface area contributed by atoms with Crippen LogP contribution < -0.4 is 4.74 Å². The van der Waals surface area contributed by atoms with Crippen LogP contribution in [0.25, 0.3) is 0 Å². The molecule has 12 heavy (non-hydrogen) atoms. The summed E-state index contributed by atoms with van der Waals surface area (Å²) in [6, 6.07) is 4.47. The molecule has 1 aromatic rings. The van der Waals surface area contributed by atoms with E-state index in [1.54, 1.807) is 12.1 Å². The normalized spacial score (nSPS) is 17.1. The highest BCUT2D eigenvalue weighted by molar-refractivity contribution is 5.10. The van der Waals surface area contributed by atoms with E-state index in [2.05, 4.69) is 4.98 Å². The summed E-state index contributed by atoms with van der Waals surface area (Å²) in [5.74, 6) is -0.198. The Balaban J connectivity index is 2.02. The fraction of sp³-hybridized carbons (Fsp3) is 0.375. The van der Waals surface area contributed by atoms with Gasteiger partial charge < -0.3 is 9.47 Å². The first kappa shape index (κ1) is 7.49. The summed E-state index contributed by atoms with van der Waals surface area (Å²) < 4.78 is 22.7. The number of rotatable bonds is 2. The number of aromatic nitrogens is 1. The van der Waals surface area contributed by atoms with Crippen LogP contribution in [0.15, 0.2) is 18.2 Å². The van der Waals surface area contributed by atoms with E-state index in [9.17, 15) is 4.39 Å². The van der Waals surface area contributed by atoms with Crippen LogP contribution in [0.2, 0.25) is 0 Å². The van der Waals surface area contributed by atoms with Gasteiger partial charge in [0.2, 0.25) is 11.8 Å². The largest absolute Gasteiger partial charge is 0.469 e. The van der Waals surface area contributed by atoms with Crippen molar-refractivity contribution in [3.8, 4) is 5.88 Å². The van der Waals surface area contributed by atoms with Gasteiger partial charge in [0.1, 0.15) is 6.10 Å². The fourth-order valence-electron chi connectivity index (χ4n) is 0.908. The van der Waals surface area contributed by atoms with Gasteiger partial charge in [-0.2, -0.15) is 9.37 Å². The lowest BCUT2D eigenvalue weighted by Gasteiger charge is -2.25. The average Bonchev–Trinajstić information content (AvgIpc) is 1.97. The molecule has 0 spiro atoms. The molecule has 0 unspecified atom stereocenters. The van der Waals surface area contributed by atoms with Crippen molar-refractivity contribution >= 4 is 0 Å². The Labute approximate surface area is 69.1 Å². The maximum Gasteiger partial charge on any atom is 0.216 e. The van der Waals surface area contributed by atoms with Gasteiger partial charge in [0.15, 0.2) is 0 Å². The predicted molar refractivity (Wildman–Crippen MR) is 39.4 cm³/mol. The first-order valence-electron chi connectivity index (χ1n) is 3.71. The maximum absolute atomic E-state index is 12.5. The van der Waals surface area contributed by atoms with Crippen LogP contribution >= 0.6 is 0 Å². The topological polar surface area (TPSA) is 31.4 Å². The lowest BCUT2D eigenvalue weighted by Crippen LogP contribution is -2.38. The molecule has 1 saturated heterocycles. The molecule has 0 saturated carbocycles. The molecular weight excluding hydrogens is 161 g/mol. The molecule has 1 aromatic heterocycles. The molecule has 0 aliphatic carbocycles. The molecule has 0 atom stereocenters. The van der Waals surface area contributed by atoms with Crippen molar-refractivity contribution < 1.29 is 13.9 Å². The van der Waals surface area contributed by atoms with E-state index >= 15 is 0 Å². The molecule has 1 aliphatic heterocycles. The zero-order valence-electron chi connectivity index (χ0n) is 6.37. The summed E-state index contributed by atoms with van der Waals surface area (Å²) in [6.45, 7) is 1.14. The number of hydrogen-bond acceptors (Lipinski definition) is 3. The van der Waals surface area contributed by atoms with Gasteiger partial charge in [0.05, 0.1) is 13.2 Å². The van der Waals surface area contributed by atoms with Gasteiger partial charge in [-0.05, 0) is 6.07 Å². The maximum atomic E-state index is 12.5. The van der Waals surface area contributed by atoms with Gasteiger partial charge in [0.25, 0.3) is 0 Å². The third-order valence-electron chi connectivity index (χ3n) is 1.58. The Morgan fingerprint density at radius 1 is 1.50 bits per heavy atom. The van der Waals surface area contributed by atoms with Gasteiger partial charge >= 0.3 is 0 Å². The lowest BCUT2D eigenvalue weighted by molar-refractivity contribution is -0.0815. The average molecular weight is 169 g/mol. The van der Waals surface area contributed by atoms with Crippen LogP contribution in [0.1, 0.15) is 0 Å². The van der Waals surface area contributed by atoms with Crippen LogP contribution in [0.3, 0.4) is 0 Å². The molecule has 0 aromatic carbocycles. The summed E-state index contributed by atoms with van der Waals surface area (Å²) in [6.07, 6.45) is 0.0410. The molecule has 0 bridgehead atoms. The third-order valence-corrected chi connectivity index (χ3v) is 1.58. The van der Waals surface area contributed by atoms with Crippen LogP contribution in [0.5, 0.6) is 5.88 Å². The number of halogens is 1. The number of nitrogens with zero attached hydrogens (tertiary/aromatic N) is 1. The Bertz CT molecular complexity index is 276. The Hall–Kier alpha value is -1.16. The third kappa shape index (κ3) is 1.53. The summed E-state index contributed by atoms with van der Waals surface area (Å²) in [5.41, 5.74) is 0. The monoisotopic (exact) mass is 169 g/mol. The van der Waals surface area contributed by atoms with E-state index in [1.165, 1.54) is 6.07 Å². The number of ether oxygens (including phenoxy) is 2. The molecule has 1 fully saturated rings. The second-order valence-corrected chi connectivity index (χ2v) is 2.58. The second-order valence-electron chi connectivity index (χ2n) is 2.58. The molecule has 3 nitrogen and oxygen atoms in total. The summed E-state index contributed by atoms with van der Waals surface area (Å²) >= 11 is 0. The molecule has 4 heteroatoms. The Kier molecular flexibility index (Phi) is 1.91. The number of pyridine rings is 1. The Morgan fingerprint density at radius 3 is 2.92 bits per heavy atom. The van der Waals surface area contributed by atoms with Gasteiger partial charge in [-0.25, -0.2) is 0 Å². The van der Waals surface area contributed by atoms with E-state index < -0.39 is 5.95 Å². The van der Waals surface area contributed by atoms with Crippen molar-refractivity contribution in [2.75, 3.05) is 13.2 Å². The van der Waals surface area contributed by atoms with Crippen LogP contribution in [0, 0.1) is 5.95 Å². The summed E-state index contributed by atoms with van der Waals surface area (Å²) in [7, 11) is 0. The van der Waals surface area contributed by atoms with Gasteiger partial charge in [0, 0.05) is 6.07 Å². The van der Waals surface area contributed by atoms with Crippen LogP contribution in [0.4, 0.5) is 4.39 Å². The predicted octanol–water partition coefficient (Wildman–Crippen LogP) is 0.998. The smallest absolute Gasteiger partial charge is 0.216 e.